The van der Waals surface area contributed by atoms with Crippen molar-refractivity contribution in [2.24, 2.45) is 0 Å². The number of benzene rings is 2. The predicted octanol–water partition coefficient (Wildman–Crippen LogP) is 4.87. The third-order valence-corrected chi connectivity index (χ3v) is 5.55. The van der Waals surface area contributed by atoms with E-state index in [1.54, 1.807) is 7.11 Å². The Kier molecular flexibility index (Phi) is 5.05. The summed E-state index contributed by atoms with van der Waals surface area (Å²) in [4.78, 5) is 13.0. The monoisotopic (exact) mass is 414 g/mol. The van der Waals surface area contributed by atoms with Gasteiger partial charge in [-0.1, -0.05) is 36.4 Å². The maximum atomic E-state index is 13.2. The quantitative estimate of drug-likeness (QED) is 0.571. The summed E-state index contributed by atoms with van der Waals surface area (Å²) in [5.74, 6) is -1.17. The van der Waals surface area contributed by atoms with E-state index in [-0.39, 0.29) is 6.54 Å². The van der Waals surface area contributed by atoms with Crippen LogP contribution in [0.1, 0.15) is 22.9 Å². The van der Waals surface area contributed by atoms with E-state index in [0.29, 0.717) is 24.4 Å². The lowest BCUT2D eigenvalue weighted by atomic mass is 9.96. The summed E-state index contributed by atoms with van der Waals surface area (Å²) in [6.07, 6.45) is -3.19. The molecule has 0 N–H and O–H groups in total. The van der Waals surface area contributed by atoms with Gasteiger partial charge in [0.2, 0.25) is 0 Å². The number of hydrogen-bond acceptors (Lipinski definition) is 2. The number of rotatable bonds is 4. The summed E-state index contributed by atoms with van der Waals surface area (Å²) < 4.78 is 47.0. The molecule has 0 bridgehead atoms. The molecule has 1 atom stereocenters. The molecule has 156 valence electrons. The Labute approximate surface area is 172 Å². The molecule has 0 aliphatic carbocycles. The number of fused-ring (bicyclic) bond motifs is 3. The smallest absolute Gasteiger partial charge is 0.471 e. The molecule has 1 aliphatic heterocycles. The summed E-state index contributed by atoms with van der Waals surface area (Å²) >= 11 is 0. The fourth-order valence-corrected chi connectivity index (χ4v) is 4.24. The van der Waals surface area contributed by atoms with Crippen LogP contribution < -0.4 is 4.74 Å². The van der Waals surface area contributed by atoms with Gasteiger partial charge in [0, 0.05) is 29.7 Å². The highest BCUT2D eigenvalue weighted by Gasteiger charge is 2.46. The molecule has 4 nitrogen and oxygen atoms in total. The summed E-state index contributed by atoms with van der Waals surface area (Å²) in [7, 11) is 1.57. The first-order valence-corrected chi connectivity index (χ1v) is 9.58. The largest absolute Gasteiger partial charge is 0.497 e. The molecule has 4 rings (SSSR count). The summed E-state index contributed by atoms with van der Waals surface area (Å²) in [5.41, 5.74) is 3.49. The number of carbonyl (C=O) groups is 1. The van der Waals surface area contributed by atoms with Crippen LogP contribution in [0.4, 0.5) is 13.2 Å². The highest BCUT2D eigenvalue weighted by Crippen LogP contribution is 2.40. The van der Waals surface area contributed by atoms with E-state index in [4.69, 9.17) is 4.74 Å². The first kappa shape index (κ1) is 20.1. The molecule has 1 aliphatic rings. The third-order valence-electron chi connectivity index (χ3n) is 5.55. The van der Waals surface area contributed by atoms with Crippen LogP contribution in [-0.2, 0) is 17.8 Å². The molecule has 0 saturated heterocycles. The Morgan fingerprint density at radius 2 is 1.97 bits per heavy atom. The Morgan fingerprint density at radius 3 is 2.60 bits per heavy atom. The predicted molar refractivity (Wildman–Crippen MR) is 108 cm³/mol. The molecule has 0 fully saturated rings. The van der Waals surface area contributed by atoms with E-state index < -0.39 is 18.1 Å². The number of aromatic nitrogens is 1. The number of methoxy groups -OCH3 is 1. The number of ether oxygens (including phenoxy) is 1. The topological polar surface area (TPSA) is 34.5 Å². The minimum atomic E-state index is -4.93. The highest BCUT2D eigenvalue weighted by atomic mass is 19.4. The van der Waals surface area contributed by atoms with Crippen molar-refractivity contribution in [2.45, 2.75) is 25.2 Å². The number of nitrogens with zero attached hydrogens (tertiary/aromatic N) is 2. The molecule has 30 heavy (non-hydrogen) atoms. The van der Waals surface area contributed by atoms with Gasteiger partial charge in [-0.05, 0) is 35.7 Å². The zero-order chi connectivity index (χ0) is 21.5. The second kappa shape index (κ2) is 7.55. The van der Waals surface area contributed by atoms with Gasteiger partial charge in [0.15, 0.2) is 0 Å². The Balaban J connectivity index is 1.92. The van der Waals surface area contributed by atoms with Gasteiger partial charge in [0.25, 0.3) is 0 Å². The Bertz CT molecular complexity index is 1100. The van der Waals surface area contributed by atoms with Gasteiger partial charge in [-0.25, -0.2) is 0 Å². The molecule has 0 spiro atoms. The molecule has 2 heterocycles. The maximum Gasteiger partial charge on any atom is 0.471 e. The van der Waals surface area contributed by atoms with Gasteiger partial charge < -0.3 is 14.2 Å². The van der Waals surface area contributed by atoms with Crippen LogP contribution >= 0.6 is 0 Å². The van der Waals surface area contributed by atoms with E-state index in [2.05, 4.69) is 6.58 Å². The first-order chi connectivity index (χ1) is 14.3. The molecule has 2 aromatic carbocycles. The van der Waals surface area contributed by atoms with Crippen LogP contribution in [-0.4, -0.2) is 35.2 Å². The van der Waals surface area contributed by atoms with Crippen LogP contribution in [0.15, 0.2) is 61.2 Å². The van der Waals surface area contributed by atoms with Crippen molar-refractivity contribution >= 4 is 16.8 Å². The zero-order valence-electron chi connectivity index (χ0n) is 16.4. The molecule has 3 aromatic rings. The lowest BCUT2D eigenvalue weighted by Gasteiger charge is -2.35. The molecule has 0 saturated carbocycles. The van der Waals surface area contributed by atoms with Gasteiger partial charge >= 0.3 is 12.1 Å². The van der Waals surface area contributed by atoms with Crippen LogP contribution in [0, 0.1) is 0 Å². The van der Waals surface area contributed by atoms with Crippen molar-refractivity contribution in [1.82, 2.24) is 9.47 Å². The van der Waals surface area contributed by atoms with Gasteiger partial charge in [-0.3, -0.25) is 4.79 Å². The average molecular weight is 414 g/mol. The Hall–Kier alpha value is -3.22. The van der Waals surface area contributed by atoms with Crippen molar-refractivity contribution in [2.75, 3.05) is 13.7 Å². The lowest BCUT2D eigenvalue weighted by Crippen LogP contribution is -2.46. The first-order valence-electron chi connectivity index (χ1n) is 9.58. The number of alkyl halides is 3. The van der Waals surface area contributed by atoms with Crippen molar-refractivity contribution in [3.63, 3.8) is 0 Å². The molecule has 1 aromatic heterocycles. The molecular formula is C23H21F3N2O2. The molecule has 7 heteroatoms. The second-order valence-corrected chi connectivity index (χ2v) is 7.25. The van der Waals surface area contributed by atoms with Gasteiger partial charge in [0.05, 0.1) is 13.2 Å². The van der Waals surface area contributed by atoms with Gasteiger partial charge in [0.1, 0.15) is 5.75 Å². The van der Waals surface area contributed by atoms with Crippen LogP contribution in [0.25, 0.3) is 10.9 Å². The minimum Gasteiger partial charge on any atom is -0.497 e. The minimum absolute atomic E-state index is 0.0241. The van der Waals surface area contributed by atoms with Crippen LogP contribution in [0.3, 0.4) is 0 Å². The standard InChI is InChI=1S/C23H21F3N2O2/c1-3-19-21-17(11-12-27(19)22(29)23(24,25)26)18-13-16(30-2)9-10-20(18)28(21)14-15-7-5-4-6-8-15/h3-10,13,19H,1,11-12,14H2,2H3. The van der Waals surface area contributed by atoms with E-state index in [0.717, 1.165) is 26.9 Å². The van der Waals surface area contributed by atoms with E-state index in [9.17, 15) is 18.0 Å². The van der Waals surface area contributed by atoms with Crippen molar-refractivity contribution in [3.8, 4) is 5.75 Å². The second-order valence-electron chi connectivity index (χ2n) is 7.25. The van der Waals surface area contributed by atoms with Crippen LogP contribution in [0.5, 0.6) is 5.75 Å². The van der Waals surface area contributed by atoms with E-state index >= 15 is 0 Å². The molecule has 1 unspecified atom stereocenters. The highest BCUT2D eigenvalue weighted by molar-refractivity contribution is 5.89. The van der Waals surface area contributed by atoms with Gasteiger partial charge in [-0.2, -0.15) is 13.2 Å². The molecule has 1 amide bonds. The third kappa shape index (κ3) is 3.34. The summed E-state index contributed by atoms with van der Waals surface area (Å²) in [5, 5.41) is 0.922. The van der Waals surface area contributed by atoms with Crippen molar-refractivity contribution in [1.29, 1.82) is 0 Å². The lowest BCUT2D eigenvalue weighted by molar-refractivity contribution is -0.187. The van der Waals surface area contributed by atoms with Crippen molar-refractivity contribution < 1.29 is 22.7 Å². The fourth-order valence-electron chi connectivity index (χ4n) is 4.24. The number of amides is 1. The van der Waals surface area contributed by atoms with E-state index in [1.807, 2.05) is 53.1 Å². The fraction of sp³-hybridized carbons (Fsp3) is 0.261. The van der Waals surface area contributed by atoms with Crippen molar-refractivity contribution in [3.05, 3.63) is 78.0 Å². The zero-order valence-corrected chi connectivity index (χ0v) is 16.4. The van der Waals surface area contributed by atoms with Gasteiger partial charge in [-0.15, -0.1) is 6.58 Å². The number of halogens is 3. The number of hydrogen-bond donors (Lipinski definition) is 0. The normalized spacial score (nSPS) is 16.4. The maximum absolute atomic E-state index is 13.2. The SMILES string of the molecule is C=CC1c2c(c3cc(OC)ccc3n2Cc2ccccc2)CCN1C(=O)C(F)(F)F. The number of carbonyl (C=O) groups excluding carboxylic acids is 1. The van der Waals surface area contributed by atoms with E-state index in [1.165, 1.54) is 6.08 Å². The molecular weight excluding hydrogens is 393 g/mol. The summed E-state index contributed by atoms with van der Waals surface area (Å²) in [6, 6.07) is 14.4. The summed E-state index contributed by atoms with van der Waals surface area (Å²) in [6.45, 7) is 4.20. The average Bonchev–Trinajstić information content (AvgIpc) is 3.05. The Morgan fingerprint density at radius 1 is 1.23 bits per heavy atom. The molecule has 0 radical (unpaired) electrons. The van der Waals surface area contributed by atoms with Crippen LogP contribution in [0.2, 0.25) is 0 Å².